The fourth-order valence-corrected chi connectivity index (χ4v) is 1.90. The van der Waals surface area contributed by atoms with Gasteiger partial charge in [0.25, 0.3) is 0 Å². The lowest BCUT2D eigenvalue weighted by Crippen LogP contribution is -2.02. The van der Waals surface area contributed by atoms with Crippen LogP contribution in [0, 0.1) is 11.3 Å². The van der Waals surface area contributed by atoms with Crippen LogP contribution in [0.3, 0.4) is 0 Å². The van der Waals surface area contributed by atoms with E-state index in [4.69, 9.17) is 10.4 Å². The molecule has 3 nitrogen and oxygen atoms in total. The predicted molar refractivity (Wildman–Crippen MR) is 68.3 cm³/mol. The third-order valence-corrected chi connectivity index (χ3v) is 2.65. The smallest absolute Gasteiger partial charge is 0.0992 e. The molecule has 1 aromatic carbocycles. The van der Waals surface area contributed by atoms with Crippen molar-refractivity contribution in [1.82, 2.24) is 0 Å². The zero-order valence-electron chi connectivity index (χ0n) is 9.04. The number of aliphatic hydroxyl groups is 1. The van der Waals surface area contributed by atoms with Crippen LogP contribution in [0.1, 0.15) is 24.8 Å². The van der Waals surface area contributed by atoms with E-state index in [-0.39, 0.29) is 6.61 Å². The van der Waals surface area contributed by atoms with Crippen LogP contribution in [0.5, 0.6) is 0 Å². The zero-order valence-corrected chi connectivity index (χ0v) is 10.6. The average Bonchev–Trinajstić information content (AvgIpc) is 2.28. The molecule has 0 heterocycles. The van der Waals surface area contributed by atoms with Crippen LogP contribution in [-0.4, -0.2) is 18.3 Å². The molecule has 0 aliphatic heterocycles. The summed E-state index contributed by atoms with van der Waals surface area (Å²) in [6.07, 6.45) is 2.89. The number of nitriles is 1. The van der Waals surface area contributed by atoms with Crippen LogP contribution < -0.4 is 5.32 Å². The highest BCUT2D eigenvalue weighted by Crippen LogP contribution is 2.19. The fraction of sp³-hybridized carbons (Fsp3) is 0.417. The van der Waals surface area contributed by atoms with E-state index < -0.39 is 0 Å². The summed E-state index contributed by atoms with van der Waals surface area (Å²) in [5.41, 5.74) is 1.60. The maximum absolute atomic E-state index is 8.80. The highest BCUT2D eigenvalue weighted by molar-refractivity contribution is 9.10. The molecule has 0 saturated heterocycles. The van der Waals surface area contributed by atoms with E-state index in [0.717, 1.165) is 36.0 Å². The molecule has 2 N–H and O–H groups in total. The molecule has 16 heavy (non-hydrogen) atoms. The second-order valence-electron chi connectivity index (χ2n) is 3.55. The molecule has 1 rings (SSSR count). The number of aliphatic hydroxyl groups excluding tert-OH is 1. The summed E-state index contributed by atoms with van der Waals surface area (Å²) >= 11 is 3.36. The van der Waals surface area contributed by atoms with E-state index >= 15 is 0 Å². The third-order valence-electron chi connectivity index (χ3n) is 2.19. The fourth-order valence-electron chi connectivity index (χ4n) is 1.40. The normalized spacial score (nSPS) is 9.81. The Kier molecular flexibility index (Phi) is 5.91. The van der Waals surface area contributed by atoms with Crippen molar-refractivity contribution in [3.63, 3.8) is 0 Å². The standard InChI is InChI=1S/C12H15BrN2O/c13-11-6-10(9-14)7-12(8-11)15-4-2-1-3-5-16/h6-8,15-16H,1-5H2. The Morgan fingerprint density at radius 1 is 1.25 bits per heavy atom. The number of hydrogen-bond donors (Lipinski definition) is 2. The van der Waals surface area contributed by atoms with Crippen LogP contribution >= 0.6 is 15.9 Å². The van der Waals surface area contributed by atoms with Crippen molar-refractivity contribution in [3.8, 4) is 6.07 Å². The molecule has 0 saturated carbocycles. The van der Waals surface area contributed by atoms with Gasteiger partial charge in [-0.25, -0.2) is 0 Å². The summed E-state index contributed by atoms with van der Waals surface area (Å²) in [6.45, 7) is 1.12. The molecule has 4 heteroatoms. The Morgan fingerprint density at radius 2 is 2.06 bits per heavy atom. The Hall–Kier alpha value is -1.05. The minimum Gasteiger partial charge on any atom is -0.396 e. The number of unbranched alkanes of at least 4 members (excludes halogenated alkanes) is 2. The number of nitrogens with zero attached hydrogens (tertiary/aromatic N) is 1. The van der Waals surface area contributed by atoms with E-state index in [1.54, 1.807) is 6.07 Å². The Balaban J connectivity index is 2.42. The lowest BCUT2D eigenvalue weighted by Gasteiger charge is -2.06. The maximum atomic E-state index is 8.80. The third kappa shape index (κ3) is 4.65. The molecule has 0 radical (unpaired) electrons. The summed E-state index contributed by atoms with van der Waals surface area (Å²) in [6, 6.07) is 7.69. The number of hydrogen-bond acceptors (Lipinski definition) is 3. The van der Waals surface area contributed by atoms with Gasteiger partial charge in [-0.05, 0) is 37.5 Å². The van der Waals surface area contributed by atoms with E-state index in [2.05, 4.69) is 27.3 Å². The molecule has 0 aliphatic rings. The van der Waals surface area contributed by atoms with Crippen molar-refractivity contribution in [3.05, 3.63) is 28.2 Å². The van der Waals surface area contributed by atoms with E-state index in [1.807, 2.05) is 12.1 Å². The topological polar surface area (TPSA) is 56.0 Å². The highest BCUT2D eigenvalue weighted by atomic mass is 79.9. The molecule has 0 spiro atoms. The van der Waals surface area contributed by atoms with Gasteiger partial charge >= 0.3 is 0 Å². The van der Waals surface area contributed by atoms with Crippen LogP contribution in [0.15, 0.2) is 22.7 Å². The van der Waals surface area contributed by atoms with E-state index in [0.29, 0.717) is 5.56 Å². The first-order chi connectivity index (χ1) is 7.76. The second-order valence-corrected chi connectivity index (χ2v) is 4.47. The molecule has 0 aliphatic carbocycles. The first kappa shape index (κ1) is 13.0. The molecular weight excluding hydrogens is 268 g/mol. The van der Waals surface area contributed by atoms with Gasteiger partial charge in [-0.1, -0.05) is 15.9 Å². The second kappa shape index (κ2) is 7.26. The van der Waals surface area contributed by atoms with Crippen molar-refractivity contribution in [2.75, 3.05) is 18.5 Å². The predicted octanol–water partition coefficient (Wildman–Crippen LogP) is 2.90. The lowest BCUT2D eigenvalue weighted by atomic mass is 10.2. The Labute approximate surface area is 104 Å². The monoisotopic (exact) mass is 282 g/mol. The Morgan fingerprint density at radius 3 is 2.75 bits per heavy atom. The van der Waals surface area contributed by atoms with Gasteiger partial charge in [0.2, 0.25) is 0 Å². The first-order valence-electron chi connectivity index (χ1n) is 5.31. The van der Waals surface area contributed by atoms with Gasteiger partial charge in [-0.3, -0.25) is 0 Å². The molecule has 0 bridgehead atoms. The Bertz CT molecular complexity index is 374. The van der Waals surface area contributed by atoms with Crippen molar-refractivity contribution in [2.24, 2.45) is 0 Å². The molecule has 0 fully saturated rings. The SMILES string of the molecule is N#Cc1cc(Br)cc(NCCCCCO)c1. The van der Waals surface area contributed by atoms with Gasteiger partial charge in [-0.2, -0.15) is 5.26 Å². The summed E-state index contributed by atoms with van der Waals surface area (Å²) in [7, 11) is 0. The highest BCUT2D eigenvalue weighted by Gasteiger charge is 1.98. The van der Waals surface area contributed by atoms with Gasteiger partial charge in [0.1, 0.15) is 0 Å². The van der Waals surface area contributed by atoms with E-state index in [1.165, 1.54) is 0 Å². The number of nitrogens with one attached hydrogen (secondary N) is 1. The summed E-state index contributed by atoms with van der Waals surface area (Å²) in [5.74, 6) is 0. The van der Waals surface area contributed by atoms with Gasteiger partial charge in [0, 0.05) is 23.3 Å². The quantitative estimate of drug-likeness (QED) is 0.789. The van der Waals surface area contributed by atoms with Crippen molar-refractivity contribution in [2.45, 2.75) is 19.3 Å². The molecular formula is C12H15BrN2O. The minimum atomic E-state index is 0.259. The van der Waals surface area contributed by atoms with Crippen molar-refractivity contribution >= 4 is 21.6 Å². The molecule has 0 amide bonds. The van der Waals surface area contributed by atoms with Crippen LogP contribution in [0.2, 0.25) is 0 Å². The average molecular weight is 283 g/mol. The van der Waals surface area contributed by atoms with Gasteiger partial charge in [0.05, 0.1) is 11.6 Å². The number of benzene rings is 1. The molecule has 86 valence electrons. The lowest BCUT2D eigenvalue weighted by molar-refractivity contribution is 0.283. The van der Waals surface area contributed by atoms with Crippen molar-refractivity contribution < 1.29 is 5.11 Å². The zero-order chi connectivity index (χ0) is 11.8. The summed E-state index contributed by atoms with van der Waals surface area (Å²) in [5, 5.41) is 20.7. The molecule has 0 unspecified atom stereocenters. The molecule has 0 atom stereocenters. The summed E-state index contributed by atoms with van der Waals surface area (Å²) < 4.78 is 0.907. The van der Waals surface area contributed by atoms with Crippen LogP contribution in [-0.2, 0) is 0 Å². The molecule has 1 aromatic rings. The summed E-state index contributed by atoms with van der Waals surface area (Å²) in [4.78, 5) is 0. The van der Waals surface area contributed by atoms with E-state index in [9.17, 15) is 0 Å². The van der Waals surface area contributed by atoms with Gasteiger partial charge in [-0.15, -0.1) is 0 Å². The number of rotatable bonds is 6. The largest absolute Gasteiger partial charge is 0.396 e. The minimum absolute atomic E-state index is 0.259. The maximum Gasteiger partial charge on any atom is 0.0992 e. The number of anilines is 1. The molecule has 0 aromatic heterocycles. The first-order valence-corrected chi connectivity index (χ1v) is 6.11. The van der Waals surface area contributed by atoms with Gasteiger partial charge < -0.3 is 10.4 Å². The van der Waals surface area contributed by atoms with Crippen molar-refractivity contribution in [1.29, 1.82) is 5.26 Å². The number of halogens is 1. The van der Waals surface area contributed by atoms with Gasteiger partial charge in [0.15, 0.2) is 0 Å². The van der Waals surface area contributed by atoms with Crippen LogP contribution in [0.25, 0.3) is 0 Å². The van der Waals surface area contributed by atoms with Crippen LogP contribution in [0.4, 0.5) is 5.69 Å².